The van der Waals surface area contributed by atoms with Crippen molar-refractivity contribution in [2.24, 2.45) is 5.41 Å². The third kappa shape index (κ3) is 5.18. The van der Waals surface area contributed by atoms with Crippen molar-refractivity contribution in [3.05, 3.63) is 59.4 Å². The minimum Gasteiger partial charge on any atom is -0.490 e. The first kappa shape index (κ1) is 27.3. The van der Waals surface area contributed by atoms with Crippen LogP contribution in [-0.2, 0) is 6.42 Å². The normalized spacial score (nSPS) is 19.4. The van der Waals surface area contributed by atoms with Crippen molar-refractivity contribution >= 4 is 11.7 Å². The molecule has 1 atom stereocenters. The van der Waals surface area contributed by atoms with Gasteiger partial charge < -0.3 is 24.6 Å². The minimum atomic E-state index is -0.512. The molecule has 11 heteroatoms. The van der Waals surface area contributed by atoms with Gasteiger partial charge in [-0.05, 0) is 64.8 Å². The molecule has 1 aliphatic carbocycles. The van der Waals surface area contributed by atoms with Crippen LogP contribution in [0.25, 0.3) is 0 Å². The molecule has 2 aromatic heterocycles. The Morgan fingerprint density at radius 3 is 2.78 bits per heavy atom. The fourth-order valence-electron chi connectivity index (χ4n) is 6.41. The zero-order valence-corrected chi connectivity index (χ0v) is 23.9. The number of hydrogen-bond donors (Lipinski definition) is 1. The van der Waals surface area contributed by atoms with Gasteiger partial charge >= 0.3 is 0 Å². The lowest BCUT2D eigenvalue weighted by molar-refractivity contribution is -0.0351. The number of hydrogen-bond acceptors (Lipinski definition) is 9. The number of fused-ring (bicyclic) bond motifs is 1. The van der Waals surface area contributed by atoms with Gasteiger partial charge in [0.05, 0.1) is 11.3 Å². The number of nitrogens with one attached hydrogen (secondary N) is 1. The summed E-state index contributed by atoms with van der Waals surface area (Å²) in [6, 6.07) is 6.09. The molecular weight excluding hydrogens is 525 g/mol. The molecule has 10 nitrogen and oxygen atoms in total. The molecule has 2 fully saturated rings. The second-order valence-corrected chi connectivity index (χ2v) is 11.6. The number of carbonyl (C=O) groups excluding carboxylic acids is 1. The standard InChI is InChI=1S/C30H36FN7O3/c1-5-38(18(2)3)29(39)22-12-20(31)6-7-24(22)41-28-27(34-17-35-36-28)37-15-30(16-37)13-21(14-30)40-25-9-11-33-23-8-10-32-19(4)26(23)25/h6-7,9,11-12,17-19,21,32H,5,8,10,13-16H2,1-4H3. The molecule has 3 aliphatic rings. The molecular formula is C30H36FN7O3. The zero-order valence-electron chi connectivity index (χ0n) is 23.9. The molecule has 1 unspecified atom stereocenters. The van der Waals surface area contributed by atoms with E-state index in [0.29, 0.717) is 12.4 Å². The smallest absolute Gasteiger partial charge is 0.282 e. The van der Waals surface area contributed by atoms with Crippen LogP contribution in [0.5, 0.6) is 17.4 Å². The fraction of sp³-hybridized carbons (Fsp3) is 0.500. The number of amides is 1. The third-order valence-electron chi connectivity index (χ3n) is 8.42. The maximum absolute atomic E-state index is 14.2. The van der Waals surface area contributed by atoms with Gasteiger partial charge in [-0.15, -0.1) is 10.2 Å². The van der Waals surface area contributed by atoms with Gasteiger partial charge in [0.15, 0.2) is 5.82 Å². The van der Waals surface area contributed by atoms with Gasteiger partial charge in [-0.2, -0.15) is 0 Å². The molecule has 1 saturated heterocycles. The second-order valence-electron chi connectivity index (χ2n) is 11.6. The highest BCUT2D eigenvalue weighted by Crippen LogP contribution is 2.52. The van der Waals surface area contributed by atoms with Crippen molar-refractivity contribution in [2.45, 2.75) is 65.1 Å². The molecule has 3 aromatic rings. The molecule has 0 radical (unpaired) electrons. The van der Waals surface area contributed by atoms with Crippen LogP contribution < -0.4 is 19.7 Å². The fourth-order valence-corrected chi connectivity index (χ4v) is 6.41. The van der Waals surface area contributed by atoms with E-state index in [1.165, 1.54) is 30.1 Å². The molecule has 1 aromatic carbocycles. The molecule has 1 amide bonds. The zero-order chi connectivity index (χ0) is 28.7. The van der Waals surface area contributed by atoms with E-state index in [4.69, 9.17) is 9.47 Å². The number of carbonyl (C=O) groups is 1. The van der Waals surface area contributed by atoms with Gasteiger partial charge in [0, 0.05) is 61.9 Å². The lowest BCUT2D eigenvalue weighted by Crippen LogP contribution is -2.65. The topological polar surface area (TPSA) is 106 Å². The molecule has 6 rings (SSSR count). The average molecular weight is 562 g/mol. The van der Waals surface area contributed by atoms with Crippen molar-refractivity contribution in [1.82, 2.24) is 30.4 Å². The first-order valence-corrected chi connectivity index (χ1v) is 14.4. The summed E-state index contributed by atoms with van der Waals surface area (Å²) in [6.45, 7) is 10.9. The summed E-state index contributed by atoms with van der Waals surface area (Å²) in [6.07, 6.45) is 6.21. The number of nitrogens with zero attached hydrogens (tertiary/aromatic N) is 6. The monoisotopic (exact) mass is 561 g/mol. The molecule has 41 heavy (non-hydrogen) atoms. The Hall–Kier alpha value is -3.86. The first-order valence-electron chi connectivity index (χ1n) is 14.4. The highest BCUT2D eigenvalue weighted by molar-refractivity contribution is 5.97. The molecule has 216 valence electrons. The summed E-state index contributed by atoms with van der Waals surface area (Å²) in [5, 5.41) is 11.6. The summed E-state index contributed by atoms with van der Waals surface area (Å²) >= 11 is 0. The lowest BCUT2D eigenvalue weighted by Gasteiger charge is -2.58. The Labute approximate surface area is 239 Å². The molecule has 1 spiro atoms. The predicted octanol–water partition coefficient (Wildman–Crippen LogP) is 4.32. The number of halogens is 1. The van der Waals surface area contributed by atoms with Gasteiger partial charge in [0.1, 0.15) is 29.7 Å². The summed E-state index contributed by atoms with van der Waals surface area (Å²) in [7, 11) is 0. The van der Waals surface area contributed by atoms with Gasteiger partial charge in [0.25, 0.3) is 11.8 Å². The summed E-state index contributed by atoms with van der Waals surface area (Å²) in [5.41, 5.74) is 2.59. The van der Waals surface area contributed by atoms with E-state index in [0.717, 1.165) is 50.3 Å². The van der Waals surface area contributed by atoms with Crippen molar-refractivity contribution in [3.8, 4) is 17.4 Å². The highest BCUT2D eigenvalue weighted by atomic mass is 19.1. The van der Waals surface area contributed by atoms with E-state index in [1.807, 2.05) is 33.0 Å². The Bertz CT molecular complexity index is 1440. The molecule has 1 saturated carbocycles. The average Bonchev–Trinajstić information content (AvgIpc) is 2.91. The van der Waals surface area contributed by atoms with Crippen LogP contribution in [0.15, 0.2) is 36.8 Å². The van der Waals surface area contributed by atoms with Crippen LogP contribution in [0.1, 0.15) is 68.2 Å². The Kier molecular flexibility index (Phi) is 7.23. The van der Waals surface area contributed by atoms with E-state index >= 15 is 0 Å². The van der Waals surface area contributed by atoms with E-state index in [-0.39, 0.29) is 46.7 Å². The van der Waals surface area contributed by atoms with Crippen molar-refractivity contribution < 1.29 is 18.7 Å². The SMILES string of the molecule is CCN(C(=O)c1cc(F)ccc1Oc1nncnc1N1CC2(CC(Oc3ccnc4c3C(C)NCC4)C2)C1)C(C)C. The van der Waals surface area contributed by atoms with E-state index in [9.17, 15) is 9.18 Å². The number of rotatable bonds is 8. The first-order chi connectivity index (χ1) is 19.8. The lowest BCUT2D eigenvalue weighted by atomic mass is 9.61. The number of ether oxygens (including phenoxy) is 2. The second kappa shape index (κ2) is 10.8. The van der Waals surface area contributed by atoms with Crippen LogP contribution in [0.4, 0.5) is 10.2 Å². The number of anilines is 1. The van der Waals surface area contributed by atoms with Gasteiger partial charge in [-0.3, -0.25) is 9.78 Å². The maximum atomic E-state index is 14.2. The number of pyridine rings is 1. The third-order valence-corrected chi connectivity index (χ3v) is 8.42. The number of aromatic nitrogens is 4. The van der Waals surface area contributed by atoms with E-state index < -0.39 is 5.82 Å². The molecule has 1 N–H and O–H groups in total. The van der Waals surface area contributed by atoms with Crippen molar-refractivity contribution in [1.29, 1.82) is 0 Å². The predicted molar refractivity (Wildman–Crippen MR) is 151 cm³/mol. The summed E-state index contributed by atoms with van der Waals surface area (Å²) < 4.78 is 26.8. The van der Waals surface area contributed by atoms with Crippen LogP contribution in [0, 0.1) is 11.2 Å². The molecule has 0 bridgehead atoms. The molecule has 4 heterocycles. The Balaban J connectivity index is 1.13. The maximum Gasteiger partial charge on any atom is 0.282 e. The van der Waals surface area contributed by atoms with Crippen LogP contribution in [-0.4, -0.2) is 69.3 Å². The van der Waals surface area contributed by atoms with Gasteiger partial charge in [-0.1, -0.05) is 0 Å². The minimum absolute atomic E-state index is 0.0473. The quantitative estimate of drug-likeness (QED) is 0.430. The molecule has 2 aliphatic heterocycles. The Morgan fingerprint density at radius 1 is 1.22 bits per heavy atom. The number of benzene rings is 1. The van der Waals surface area contributed by atoms with Crippen LogP contribution in [0.3, 0.4) is 0 Å². The van der Waals surface area contributed by atoms with Crippen molar-refractivity contribution in [3.63, 3.8) is 0 Å². The van der Waals surface area contributed by atoms with E-state index in [2.05, 4.69) is 37.3 Å². The van der Waals surface area contributed by atoms with Gasteiger partial charge in [0.2, 0.25) is 0 Å². The summed E-state index contributed by atoms with van der Waals surface area (Å²) in [4.78, 5) is 26.0. The Morgan fingerprint density at radius 2 is 2.02 bits per heavy atom. The van der Waals surface area contributed by atoms with Gasteiger partial charge in [-0.25, -0.2) is 9.37 Å². The van der Waals surface area contributed by atoms with Crippen molar-refractivity contribution in [2.75, 3.05) is 31.1 Å². The van der Waals surface area contributed by atoms with E-state index in [1.54, 1.807) is 4.90 Å². The van der Waals surface area contributed by atoms with Crippen LogP contribution in [0.2, 0.25) is 0 Å². The van der Waals surface area contributed by atoms with Crippen LogP contribution >= 0.6 is 0 Å². The summed E-state index contributed by atoms with van der Waals surface area (Å²) in [5.74, 6) is 1.08. The highest BCUT2D eigenvalue weighted by Gasteiger charge is 2.54. The largest absolute Gasteiger partial charge is 0.490 e.